The number of aryl methyl sites for hydroxylation is 1. The molecule has 0 fully saturated rings. The minimum Gasteiger partial charge on any atom is -0.365 e. The van der Waals surface area contributed by atoms with E-state index in [0.29, 0.717) is 37.6 Å². The first kappa shape index (κ1) is 25.1. The van der Waals surface area contributed by atoms with Crippen LogP contribution in [0.1, 0.15) is 11.1 Å². The van der Waals surface area contributed by atoms with E-state index in [9.17, 15) is 27.2 Å². The third-order valence-electron chi connectivity index (χ3n) is 5.54. The molecule has 38 heavy (non-hydrogen) atoms. The summed E-state index contributed by atoms with van der Waals surface area (Å²) in [6.07, 6.45) is 2.76. The van der Waals surface area contributed by atoms with E-state index >= 15 is 0 Å². The molecule has 0 radical (unpaired) electrons. The zero-order valence-corrected chi connectivity index (χ0v) is 20.5. The van der Waals surface area contributed by atoms with Gasteiger partial charge in [0.15, 0.2) is 16.8 Å². The molecule has 0 aliphatic rings. The highest BCUT2D eigenvalue weighted by Gasteiger charge is 2.20. The van der Waals surface area contributed by atoms with Gasteiger partial charge in [0, 0.05) is 30.9 Å². The number of nitrogens with one attached hydrogen (secondary N) is 2. The molecule has 0 saturated carbocycles. The molecule has 0 amide bonds. The van der Waals surface area contributed by atoms with Crippen molar-refractivity contribution >= 4 is 38.3 Å². The van der Waals surface area contributed by atoms with E-state index in [1.165, 1.54) is 35.9 Å². The zero-order valence-electron chi connectivity index (χ0n) is 19.7. The number of anilines is 3. The van der Waals surface area contributed by atoms with Crippen molar-refractivity contribution in [3.63, 3.8) is 0 Å². The Labute approximate surface area is 215 Å². The average Bonchev–Trinajstić information content (AvgIpc) is 3.26. The van der Waals surface area contributed by atoms with Gasteiger partial charge in [0.1, 0.15) is 11.6 Å². The first-order valence-electron chi connectivity index (χ1n) is 11.0. The second-order valence-electron chi connectivity index (χ2n) is 8.19. The SMILES string of the molecule is CNc1nc2cc(F)c(Nc3nc(=O)n(-c4cncc(C)c4)c(=O)n3Cc3cc(F)c(F)cc3F)cc2s1. The molecule has 5 rings (SSSR count). The lowest BCUT2D eigenvalue weighted by Gasteiger charge is -2.16. The minimum absolute atomic E-state index is 0.0791. The van der Waals surface area contributed by atoms with Crippen molar-refractivity contribution in [3.05, 3.63) is 98.1 Å². The number of hydrogen-bond donors (Lipinski definition) is 2. The van der Waals surface area contributed by atoms with Crippen LogP contribution in [-0.4, -0.2) is 31.1 Å². The maximum Gasteiger partial charge on any atom is 0.359 e. The third-order valence-corrected chi connectivity index (χ3v) is 6.58. The second kappa shape index (κ2) is 9.70. The summed E-state index contributed by atoms with van der Waals surface area (Å²) < 4.78 is 59.0. The fraction of sp³-hybridized carbons (Fsp3) is 0.125. The number of pyridine rings is 1. The van der Waals surface area contributed by atoms with Crippen molar-refractivity contribution in [2.45, 2.75) is 13.5 Å². The van der Waals surface area contributed by atoms with Crippen molar-refractivity contribution in [2.75, 3.05) is 17.7 Å². The molecule has 0 bridgehead atoms. The molecule has 0 atom stereocenters. The van der Waals surface area contributed by atoms with Crippen molar-refractivity contribution in [1.29, 1.82) is 0 Å². The number of halogens is 4. The molecule has 2 aromatic carbocycles. The average molecular weight is 544 g/mol. The highest BCUT2D eigenvalue weighted by molar-refractivity contribution is 7.22. The van der Waals surface area contributed by atoms with E-state index in [0.717, 1.165) is 10.6 Å². The molecule has 5 aromatic rings. The molecule has 14 heteroatoms. The summed E-state index contributed by atoms with van der Waals surface area (Å²) in [5, 5.41) is 6.01. The molecular formula is C24H17F4N7O2S. The smallest absolute Gasteiger partial charge is 0.359 e. The predicted octanol–water partition coefficient (Wildman–Crippen LogP) is 4.10. The molecule has 2 N–H and O–H groups in total. The van der Waals surface area contributed by atoms with Gasteiger partial charge in [-0.15, -0.1) is 0 Å². The first-order chi connectivity index (χ1) is 18.1. The van der Waals surface area contributed by atoms with E-state index < -0.39 is 52.7 Å². The van der Waals surface area contributed by atoms with Crippen LogP contribution in [0.3, 0.4) is 0 Å². The van der Waals surface area contributed by atoms with Crippen LogP contribution in [0, 0.1) is 30.2 Å². The molecular weight excluding hydrogens is 526 g/mol. The van der Waals surface area contributed by atoms with Crippen LogP contribution >= 0.6 is 11.3 Å². The fourth-order valence-corrected chi connectivity index (χ4v) is 4.58. The summed E-state index contributed by atoms with van der Waals surface area (Å²) in [5.41, 5.74) is -1.49. The number of aromatic nitrogens is 5. The summed E-state index contributed by atoms with van der Waals surface area (Å²) in [4.78, 5) is 38.6. The summed E-state index contributed by atoms with van der Waals surface area (Å²) >= 11 is 1.23. The monoisotopic (exact) mass is 543 g/mol. The van der Waals surface area contributed by atoms with Crippen LogP contribution in [0.2, 0.25) is 0 Å². The van der Waals surface area contributed by atoms with Gasteiger partial charge in [-0.05, 0) is 30.7 Å². The van der Waals surface area contributed by atoms with E-state index in [-0.39, 0.29) is 11.4 Å². The summed E-state index contributed by atoms with van der Waals surface area (Å²) in [5.74, 6) is -5.09. The van der Waals surface area contributed by atoms with Crippen LogP contribution < -0.4 is 22.0 Å². The molecule has 0 unspecified atom stereocenters. The van der Waals surface area contributed by atoms with Crippen LogP contribution in [-0.2, 0) is 6.54 Å². The normalized spacial score (nSPS) is 11.2. The largest absolute Gasteiger partial charge is 0.365 e. The van der Waals surface area contributed by atoms with Gasteiger partial charge in [-0.1, -0.05) is 11.3 Å². The van der Waals surface area contributed by atoms with Crippen molar-refractivity contribution < 1.29 is 17.6 Å². The van der Waals surface area contributed by atoms with Gasteiger partial charge in [-0.2, -0.15) is 4.98 Å². The Morgan fingerprint density at radius 2 is 1.68 bits per heavy atom. The summed E-state index contributed by atoms with van der Waals surface area (Å²) in [7, 11) is 1.66. The van der Waals surface area contributed by atoms with Gasteiger partial charge in [0.05, 0.1) is 34.3 Å². The molecule has 0 saturated heterocycles. The van der Waals surface area contributed by atoms with E-state index in [2.05, 4.69) is 25.6 Å². The van der Waals surface area contributed by atoms with Gasteiger partial charge >= 0.3 is 11.4 Å². The summed E-state index contributed by atoms with van der Waals surface area (Å²) in [6, 6.07) is 5.00. The minimum atomic E-state index is -1.41. The summed E-state index contributed by atoms with van der Waals surface area (Å²) in [6.45, 7) is 1.03. The molecule has 3 aromatic heterocycles. The lowest BCUT2D eigenvalue weighted by molar-refractivity contribution is 0.487. The Kier molecular flexibility index (Phi) is 6.40. The highest BCUT2D eigenvalue weighted by Crippen LogP contribution is 2.31. The Hall–Kier alpha value is -4.59. The number of nitrogens with zero attached hydrogens (tertiary/aromatic N) is 5. The quantitative estimate of drug-likeness (QED) is 0.245. The number of rotatable bonds is 6. The fourth-order valence-electron chi connectivity index (χ4n) is 3.74. The second-order valence-corrected chi connectivity index (χ2v) is 9.22. The van der Waals surface area contributed by atoms with Crippen LogP contribution in [0.25, 0.3) is 15.9 Å². The van der Waals surface area contributed by atoms with Gasteiger partial charge in [-0.25, -0.2) is 36.7 Å². The zero-order chi connectivity index (χ0) is 27.1. The Balaban J connectivity index is 1.69. The molecule has 9 nitrogen and oxygen atoms in total. The highest BCUT2D eigenvalue weighted by atomic mass is 32.1. The lowest BCUT2D eigenvalue weighted by Crippen LogP contribution is -2.42. The molecule has 0 spiro atoms. The number of thiazole rings is 1. The van der Waals surface area contributed by atoms with Crippen molar-refractivity contribution in [3.8, 4) is 5.69 Å². The van der Waals surface area contributed by atoms with Crippen LogP contribution in [0.4, 0.5) is 34.3 Å². The van der Waals surface area contributed by atoms with Crippen molar-refractivity contribution in [2.24, 2.45) is 0 Å². The Morgan fingerprint density at radius 1 is 0.921 bits per heavy atom. The standard InChI is InChI=1S/C24H17F4N7O2S/c1-11-3-13(9-30-8-11)35-23(36)33-21(31-18-7-20-19(6-17(18)28)32-22(29-2)38-20)34(24(35)37)10-12-4-15(26)16(27)5-14(12)25/h3-9H,10H2,1-2H3,(H,29,32)(H,31,33,36). The van der Waals surface area contributed by atoms with Gasteiger partial charge < -0.3 is 10.6 Å². The first-order valence-corrected chi connectivity index (χ1v) is 11.8. The number of hydrogen-bond acceptors (Lipinski definition) is 8. The van der Waals surface area contributed by atoms with E-state index in [1.807, 2.05) is 0 Å². The van der Waals surface area contributed by atoms with E-state index in [4.69, 9.17) is 0 Å². The maximum atomic E-state index is 15.0. The van der Waals surface area contributed by atoms with Gasteiger partial charge in [0.25, 0.3) is 0 Å². The predicted molar refractivity (Wildman–Crippen MR) is 134 cm³/mol. The maximum absolute atomic E-state index is 15.0. The Morgan fingerprint density at radius 3 is 2.42 bits per heavy atom. The van der Waals surface area contributed by atoms with Crippen molar-refractivity contribution in [1.82, 2.24) is 24.1 Å². The van der Waals surface area contributed by atoms with Gasteiger partial charge in [-0.3, -0.25) is 9.55 Å². The molecule has 194 valence electrons. The lowest BCUT2D eigenvalue weighted by atomic mass is 10.2. The van der Waals surface area contributed by atoms with Crippen LogP contribution in [0.15, 0.2) is 52.3 Å². The number of benzene rings is 2. The van der Waals surface area contributed by atoms with Crippen LogP contribution in [0.5, 0.6) is 0 Å². The van der Waals surface area contributed by atoms with E-state index in [1.54, 1.807) is 14.0 Å². The topological polar surface area (TPSA) is 107 Å². The molecule has 3 heterocycles. The Bertz CT molecular complexity index is 1830. The number of fused-ring (bicyclic) bond motifs is 1. The molecule has 0 aliphatic heterocycles. The third kappa shape index (κ3) is 4.61. The van der Waals surface area contributed by atoms with Gasteiger partial charge in [0.2, 0.25) is 5.95 Å². The molecule has 0 aliphatic carbocycles.